The Labute approximate surface area is 122 Å². The van der Waals surface area contributed by atoms with Crippen molar-refractivity contribution in [2.24, 2.45) is 0 Å². The predicted molar refractivity (Wildman–Crippen MR) is 73.2 cm³/mol. The Morgan fingerprint density at radius 2 is 1.95 bits per heavy atom. The summed E-state index contributed by atoms with van der Waals surface area (Å²) >= 11 is 1.45. The smallest absolute Gasteiger partial charge is 0.243 e. The van der Waals surface area contributed by atoms with Gasteiger partial charge in [-0.25, -0.2) is 14.6 Å². The number of nitrogens with zero attached hydrogens (tertiary/aromatic N) is 4. The number of aromatic nitrogens is 4. The number of fused-ring (bicyclic) bond motifs is 1. The molecular formula is C13H11F3N4S. The number of rotatable bonds is 2. The van der Waals surface area contributed by atoms with Crippen molar-refractivity contribution in [2.75, 3.05) is 0 Å². The van der Waals surface area contributed by atoms with E-state index in [1.165, 1.54) is 22.9 Å². The Hall–Kier alpha value is -1.96. The van der Waals surface area contributed by atoms with Crippen molar-refractivity contribution in [2.45, 2.75) is 26.6 Å². The van der Waals surface area contributed by atoms with Crippen molar-refractivity contribution in [3.63, 3.8) is 0 Å². The molecule has 2 aromatic heterocycles. The van der Waals surface area contributed by atoms with E-state index < -0.39 is 12.0 Å². The van der Waals surface area contributed by atoms with Crippen molar-refractivity contribution in [3.8, 4) is 0 Å². The van der Waals surface area contributed by atoms with Gasteiger partial charge in [-0.2, -0.15) is 13.2 Å². The van der Waals surface area contributed by atoms with Crippen LogP contribution in [0.4, 0.5) is 13.2 Å². The first-order valence-corrected chi connectivity index (χ1v) is 6.99. The molecule has 1 aromatic carbocycles. The number of hydrogen-bond donors (Lipinski definition) is 0. The van der Waals surface area contributed by atoms with Crippen molar-refractivity contribution in [3.05, 3.63) is 40.4 Å². The fourth-order valence-electron chi connectivity index (χ4n) is 1.97. The zero-order valence-electron chi connectivity index (χ0n) is 11.3. The number of alkyl halides is 3. The molecule has 4 nitrogen and oxygen atoms in total. The summed E-state index contributed by atoms with van der Waals surface area (Å²) in [4.78, 5) is 7.88. The lowest BCUT2D eigenvalue weighted by Gasteiger charge is -1.99. The van der Waals surface area contributed by atoms with Crippen LogP contribution in [0.5, 0.6) is 0 Å². The Balaban J connectivity index is 1.93. The van der Waals surface area contributed by atoms with Crippen molar-refractivity contribution < 1.29 is 13.2 Å². The number of thiazole rings is 1. The average Bonchev–Trinajstić information content (AvgIpc) is 2.93. The van der Waals surface area contributed by atoms with Crippen molar-refractivity contribution >= 4 is 21.6 Å². The highest BCUT2D eigenvalue weighted by molar-refractivity contribution is 7.18. The van der Waals surface area contributed by atoms with E-state index in [2.05, 4.69) is 15.1 Å². The second kappa shape index (κ2) is 4.80. The van der Waals surface area contributed by atoms with Gasteiger partial charge in [0.05, 0.1) is 16.8 Å². The quantitative estimate of drug-likeness (QED) is 0.726. The van der Waals surface area contributed by atoms with Crippen molar-refractivity contribution in [1.29, 1.82) is 0 Å². The molecule has 0 spiro atoms. The molecule has 0 saturated carbocycles. The van der Waals surface area contributed by atoms with E-state index in [0.29, 0.717) is 5.01 Å². The van der Waals surface area contributed by atoms with Crippen LogP contribution in [0.2, 0.25) is 0 Å². The third-order valence-electron chi connectivity index (χ3n) is 2.98. The highest BCUT2D eigenvalue weighted by Gasteiger charge is 2.36. The van der Waals surface area contributed by atoms with Crippen LogP contribution in [0, 0.1) is 13.8 Å². The third kappa shape index (κ3) is 2.76. The molecule has 0 saturated heterocycles. The van der Waals surface area contributed by atoms with Gasteiger partial charge in [0.2, 0.25) is 0 Å². The number of aryl methyl sites for hydroxylation is 2. The summed E-state index contributed by atoms with van der Waals surface area (Å²) < 4.78 is 40.0. The number of benzene rings is 1. The molecule has 8 heteroatoms. The molecule has 0 N–H and O–H groups in total. The Bertz CT molecular complexity index is 803. The summed E-state index contributed by atoms with van der Waals surface area (Å²) in [6.45, 7) is 3.66. The molecular weight excluding hydrogens is 301 g/mol. The van der Waals surface area contributed by atoms with E-state index in [4.69, 9.17) is 0 Å². The van der Waals surface area contributed by atoms with Crippen molar-refractivity contribution in [1.82, 2.24) is 19.7 Å². The van der Waals surface area contributed by atoms with Crippen LogP contribution in [0.3, 0.4) is 0 Å². The molecule has 21 heavy (non-hydrogen) atoms. The minimum Gasteiger partial charge on any atom is -0.243 e. The number of halogens is 3. The second-order valence-electron chi connectivity index (χ2n) is 4.72. The van der Waals surface area contributed by atoms with Gasteiger partial charge >= 0.3 is 6.18 Å². The molecule has 2 heterocycles. The van der Waals surface area contributed by atoms with Gasteiger partial charge in [0.25, 0.3) is 5.82 Å². The van der Waals surface area contributed by atoms with Gasteiger partial charge in [-0.3, -0.25) is 0 Å². The van der Waals surface area contributed by atoms with E-state index in [9.17, 15) is 13.2 Å². The summed E-state index contributed by atoms with van der Waals surface area (Å²) in [6, 6.07) is 5.89. The van der Waals surface area contributed by atoms with E-state index in [1.807, 2.05) is 25.1 Å². The van der Waals surface area contributed by atoms with Gasteiger partial charge in [0.1, 0.15) is 10.8 Å². The predicted octanol–water partition coefficient (Wildman–Crippen LogP) is 3.57. The van der Waals surface area contributed by atoms with E-state index >= 15 is 0 Å². The molecule has 110 valence electrons. The zero-order valence-corrected chi connectivity index (χ0v) is 12.1. The van der Waals surface area contributed by atoms with Crippen LogP contribution >= 0.6 is 11.3 Å². The average molecular weight is 312 g/mol. The van der Waals surface area contributed by atoms with Gasteiger partial charge in [0.15, 0.2) is 0 Å². The maximum absolute atomic E-state index is 12.6. The fourth-order valence-corrected chi connectivity index (χ4v) is 2.90. The summed E-state index contributed by atoms with van der Waals surface area (Å²) in [6.07, 6.45) is -4.53. The van der Waals surface area contributed by atoms with Crippen LogP contribution < -0.4 is 0 Å². The molecule has 0 aliphatic heterocycles. The van der Waals surface area contributed by atoms with Gasteiger partial charge in [-0.1, -0.05) is 6.07 Å². The maximum atomic E-state index is 12.6. The standard InChI is InChI=1S/C13H11F3N4S/c1-7-3-4-10-9(5-7)18-11(21-10)6-20-8(2)17-12(19-20)13(14,15)16/h3-5H,6H2,1-2H3. The Morgan fingerprint density at radius 3 is 2.62 bits per heavy atom. The SMILES string of the molecule is Cc1ccc2sc(Cn3nc(C(F)(F)F)nc3C)nc2c1. The van der Waals surface area contributed by atoms with E-state index in [1.54, 1.807) is 0 Å². The largest absolute Gasteiger partial charge is 0.453 e. The maximum Gasteiger partial charge on any atom is 0.453 e. The molecule has 0 atom stereocenters. The lowest BCUT2D eigenvalue weighted by Crippen LogP contribution is -2.09. The first kappa shape index (κ1) is 14.0. The first-order chi connectivity index (χ1) is 9.83. The first-order valence-electron chi connectivity index (χ1n) is 6.17. The summed E-state index contributed by atoms with van der Waals surface area (Å²) in [5.74, 6) is -0.894. The fraction of sp³-hybridized carbons (Fsp3) is 0.308. The minimum absolute atomic E-state index is 0.188. The summed E-state index contributed by atoms with van der Waals surface area (Å²) in [7, 11) is 0. The highest BCUT2D eigenvalue weighted by Crippen LogP contribution is 2.27. The summed E-state index contributed by atoms with van der Waals surface area (Å²) in [5, 5.41) is 4.22. The summed E-state index contributed by atoms with van der Waals surface area (Å²) in [5.41, 5.74) is 1.94. The topological polar surface area (TPSA) is 43.6 Å². The lowest BCUT2D eigenvalue weighted by molar-refractivity contribution is -0.145. The molecule has 0 aliphatic carbocycles. The van der Waals surface area contributed by atoms with Crippen LogP contribution in [0.1, 0.15) is 22.2 Å². The van der Waals surface area contributed by atoms with Crippen LogP contribution in [-0.2, 0) is 12.7 Å². The monoisotopic (exact) mass is 312 g/mol. The second-order valence-corrected chi connectivity index (χ2v) is 5.83. The molecule has 3 rings (SSSR count). The normalized spacial score (nSPS) is 12.2. The molecule has 0 amide bonds. The Kier molecular flexibility index (Phi) is 3.20. The molecule has 3 aromatic rings. The third-order valence-corrected chi connectivity index (χ3v) is 4.00. The molecule has 0 bridgehead atoms. The molecule has 0 fully saturated rings. The van der Waals surface area contributed by atoms with Crippen LogP contribution in [0.25, 0.3) is 10.2 Å². The van der Waals surface area contributed by atoms with Gasteiger partial charge in [-0.15, -0.1) is 16.4 Å². The van der Waals surface area contributed by atoms with Gasteiger partial charge in [-0.05, 0) is 31.5 Å². The highest BCUT2D eigenvalue weighted by atomic mass is 32.1. The number of hydrogen-bond acceptors (Lipinski definition) is 4. The van der Waals surface area contributed by atoms with E-state index in [-0.39, 0.29) is 12.4 Å². The minimum atomic E-state index is -4.53. The van der Waals surface area contributed by atoms with Gasteiger partial charge in [0, 0.05) is 0 Å². The van der Waals surface area contributed by atoms with Crippen LogP contribution in [-0.4, -0.2) is 19.7 Å². The van der Waals surface area contributed by atoms with Gasteiger partial charge < -0.3 is 0 Å². The Morgan fingerprint density at radius 1 is 1.19 bits per heavy atom. The molecule has 0 radical (unpaired) electrons. The molecule has 0 aliphatic rings. The zero-order chi connectivity index (χ0) is 15.2. The molecule has 0 unspecified atom stereocenters. The van der Waals surface area contributed by atoms with E-state index in [0.717, 1.165) is 15.8 Å². The van der Waals surface area contributed by atoms with Crippen LogP contribution in [0.15, 0.2) is 18.2 Å². The lowest BCUT2D eigenvalue weighted by atomic mass is 10.2.